The molecule has 0 saturated carbocycles. The number of nitrogens with zero attached hydrogens (tertiary/aromatic N) is 2. The summed E-state index contributed by atoms with van der Waals surface area (Å²) in [5, 5.41) is 2.09. The molecular formula is C18H24N2O2S2. The third-order valence-electron chi connectivity index (χ3n) is 4.64. The Bertz CT molecular complexity index is 747. The molecule has 1 aliphatic rings. The smallest absolute Gasteiger partial charge is 0.218 e. The molecular weight excluding hydrogens is 340 g/mol. The number of benzene rings is 1. The van der Waals surface area contributed by atoms with E-state index in [4.69, 9.17) is 0 Å². The van der Waals surface area contributed by atoms with Crippen LogP contribution in [0.3, 0.4) is 0 Å². The molecule has 4 nitrogen and oxygen atoms in total. The molecule has 1 unspecified atom stereocenters. The molecule has 1 aromatic carbocycles. The Morgan fingerprint density at radius 3 is 2.33 bits per heavy atom. The summed E-state index contributed by atoms with van der Waals surface area (Å²) < 4.78 is 27.0. The van der Waals surface area contributed by atoms with Crippen LogP contribution in [-0.4, -0.2) is 43.8 Å². The van der Waals surface area contributed by atoms with E-state index in [0.717, 1.165) is 24.2 Å². The largest absolute Gasteiger partial charge is 0.293 e. The maximum absolute atomic E-state index is 12.7. The Morgan fingerprint density at radius 1 is 1.08 bits per heavy atom. The zero-order valence-corrected chi connectivity index (χ0v) is 15.8. The molecule has 24 heavy (non-hydrogen) atoms. The minimum atomic E-state index is -3.24. The molecule has 6 heteroatoms. The van der Waals surface area contributed by atoms with Crippen LogP contribution in [0, 0.1) is 6.92 Å². The van der Waals surface area contributed by atoms with Gasteiger partial charge in [0.2, 0.25) is 10.0 Å². The molecule has 2 heterocycles. The quantitative estimate of drug-likeness (QED) is 0.818. The SMILES string of the molecule is Cc1ccc(CS(=O)(=O)N2CCN(C(C)c3cccs3)CC2)cc1. The fourth-order valence-electron chi connectivity index (χ4n) is 3.06. The van der Waals surface area contributed by atoms with Crippen LogP contribution < -0.4 is 0 Å². The first-order valence-corrected chi connectivity index (χ1v) is 10.8. The Hall–Kier alpha value is -1.21. The molecule has 3 rings (SSSR count). The van der Waals surface area contributed by atoms with Gasteiger partial charge in [-0.2, -0.15) is 4.31 Å². The lowest BCUT2D eigenvalue weighted by Crippen LogP contribution is -2.49. The van der Waals surface area contributed by atoms with Crippen LogP contribution in [0.1, 0.15) is 29.0 Å². The fraction of sp³-hybridized carbons (Fsp3) is 0.444. The van der Waals surface area contributed by atoms with E-state index in [1.54, 1.807) is 15.6 Å². The second kappa shape index (κ2) is 7.35. The summed E-state index contributed by atoms with van der Waals surface area (Å²) >= 11 is 1.76. The highest BCUT2D eigenvalue weighted by atomic mass is 32.2. The number of hydrogen-bond donors (Lipinski definition) is 0. The van der Waals surface area contributed by atoms with E-state index in [0.29, 0.717) is 19.1 Å². The predicted molar refractivity (Wildman–Crippen MR) is 99.7 cm³/mol. The molecule has 0 amide bonds. The number of sulfonamides is 1. The first-order chi connectivity index (χ1) is 11.5. The molecule has 1 fully saturated rings. The monoisotopic (exact) mass is 364 g/mol. The van der Waals surface area contributed by atoms with E-state index in [1.165, 1.54) is 4.88 Å². The highest BCUT2D eigenvalue weighted by Gasteiger charge is 2.29. The average Bonchev–Trinajstić information content (AvgIpc) is 3.11. The highest BCUT2D eigenvalue weighted by molar-refractivity contribution is 7.88. The van der Waals surface area contributed by atoms with Crippen LogP contribution >= 0.6 is 11.3 Å². The van der Waals surface area contributed by atoms with Crippen LogP contribution in [0.25, 0.3) is 0 Å². The molecule has 1 aromatic heterocycles. The maximum atomic E-state index is 12.7. The zero-order chi connectivity index (χ0) is 17.2. The van der Waals surface area contributed by atoms with Crippen LogP contribution in [0.2, 0.25) is 0 Å². The second-order valence-electron chi connectivity index (χ2n) is 6.37. The summed E-state index contributed by atoms with van der Waals surface area (Å²) in [7, 11) is -3.24. The lowest BCUT2D eigenvalue weighted by Gasteiger charge is -2.37. The minimum Gasteiger partial charge on any atom is -0.293 e. The van der Waals surface area contributed by atoms with Gasteiger partial charge in [0.25, 0.3) is 0 Å². The third-order valence-corrected chi connectivity index (χ3v) is 7.53. The highest BCUT2D eigenvalue weighted by Crippen LogP contribution is 2.26. The van der Waals surface area contributed by atoms with Gasteiger partial charge in [0.05, 0.1) is 5.75 Å². The lowest BCUT2D eigenvalue weighted by atomic mass is 10.2. The Morgan fingerprint density at radius 2 is 1.75 bits per heavy atom. The summed E-state index contributed by atoms with van der Waals surface area (Å²) in [5.41, 5.74) is 2.00. The number of hydrogen-bond acceptors (Lipinski definition) is 4. The molecule has 0 bridgehead atoms. The van der Waals surface area contributed by atoms with Gasteiger partial charge in [0.15, 0.2) is 0 Å². The summed E-state index contributed by atoms with van der Waals surface area (Å²) in [6, 6.07) is 12.3. The van der Waals surface area contributed by atoms with E-state index in [-0.39, 0.29) is 5.75 Å². The van der Waals surface area contributed by atoms with E-state index in [2.05, 4.69) is 29.3 Å². The van der Waals surface area contributed by atoms with Crippen molar-refractivity contribution >= 4 is 21.4 Å². The summed E-state index contributed by atoms with van der Waals surface area (Å²) in [6.07, 6.45) is 0. The van der Waals surface area contributed by atoms with Gasteiger partial charge >= 0.3 is 0 Å². The van der Waals surface area contributed by atoms with E-state index in [9.17, 15) is 8.42 Å². The third kappa shape index (κ3) is 4.06. The van der Waals surface area contributed by atoms with Crippen molar-refractivity contribution < 1.29 is 8.42 Å². The van der Waals surface area contributed by atoms with Crippen LogP contribution in [0.4, 0.5) is 0 Å². The van der Waals surface area contributed by atoms with Crippen LogP contribution in [0.5, 0.6) is 0 Å². The van der Waals surface area contributed by atoms with E-state index >= 15 is 0 Å². The van der Waals surface area contributed by atoms with E-state index < -0.39 is 10.0 Å². The Kier molecular flexibility index (Phi) is 5.39. The molecule has 2 aromatic rings. The van der Waals surface area contributed by atoms with Crippen molar-refractivity contribution in [3.63, 3.8) is 0 Å². The van der Waals surface area contributed by atoms with Crippen molar-refractivity contribution in [2.75, 3.05) is 26.2 Å². The van der Waals surface area contributed by atoms with Crippen molar-refractivity contribution in [2.45, 2.75) is 25.6 Å². The van der Waals surface area contributed by atoms with Gasteiger partial charge < -0.3 is 0 Å². The molecule has 0 N–H and O–H groups in total. The minimum absolute atomic E-state index is 0.0910. The summed E-state index contributed by atoms with van der Waals surface area (Å²) in [4.78, 5) is 3.70. The number of thiophene rings is 1. The van der Waals surface area contributed by atoms with Gasteiger partial charge in [-0.15, -0.1) is 11.3 Å². The molecule has 1 atom stereocenters. The predicted octanol–water partition coefficient (Wildman–Crippen LogP) is 3.27. The average molecular weight is 365 g/mol. The van der Waals surface area contributed by atoms with Gasteiger partial charge in [0, 0.05) is 37.1 Å². The van der Waals surface area contributed by atoms with Crippen molar-refractivity contribution in [3.8, 4) is 0 Å². The fourth-order valence-corrected chi connectivity index (χ4v) is 5.40. The van der Waals surface area contributed by atoms with Crippen molar-refractivity contribution in [3.05, 3.63) is 57.8 Å². The molecule has 130 valence electrons. The second-order valence-corrected chi connectivity index (χ2v) is 9.32. The molecule has 0 radical (unpaired) electrons. The number of piperazine rings is 1. The van der Waals surface area contributed by atoms with Gasteiger partial charge in [0.1, 0.15) is 0 Å². The maximum Gasteiger partial charge on any atom is 0.218 e. The van der Waals surface area contributed by atoms with Gasteiger partial charge in [-0.1, -0.05) is 35.9 Å². The first kappa shape index (κ1) is 17.6. The zero-order valence-electron chi connectivity index (χ0n) is 14.2. The van der Waals surface area contributed by atoms with Gasteiger partial charge in [-0.25, -0.2) is 8.42 Å². The molecule has 0 spiro atoms. The molecule has 0 aliphatic carbocycles. The Labute approximate surface area is 148 Å². The van der Waals surface area contributed by atoms with Crippen LogP contribution in [0.15, 0.2) is 41.8 Å². The Balaban J connectivity index is 1.60. The van der Waals surface area contributed by atoms with Crippen molar-refractivity contribution in [2.24, 2.45) is 0 Å². The summed E-state index contributed by atoms with van der Waals surface area (Å²) in [6.45, 7) is 6.92. The number of rotatable bonds is 5. The van der Waals surface area contributed by atoms with Crippen molar-refractivity contribution in [1.82, 2.24) is 9.21 Å². The normalized spacial score (nSPS) is 18.6. The topological polar surface area (TPSA) is 40.6 Å². The number of aryl methyl sites for hydroxylation is 1. The lowest BCUT2D eigenvalue weighted by molar-refractivity contribution is 0.147. The molecule has 1 saturated heterocycles. The van der Waals surface area contributed by atoms with E-state index in [1.807, 2.05) is 31.2 Å². The van der Waals surface area contributed by atoms with Crippen molar-refractivity contribution in [1.29, 1.82) is 0 Å². The van der Waals surface area contributed by atoms with Crippen LogP contribution in [-0.2, 0) is 15.8 Å². The summed E-state index contributed by atoms with van der Waals surface area (Å²) in [5.74, 6) is 0.0910. The standard InChI is InChI=1S/C18H24N2O2S2/c1-15-5-7-17(8-6-15)14-24(21,22)20-11-9-19(10-12-20)16(2)18-4-3-13-23-18/h3-8,13,16H,9-12,14H2,1-2H3. The molecule has 1 aliphatic heterocycles. The van der Waals surface area contributed by atoms with Gasteiger partial charge in [-0.3, -0.25) is 4.90 Å². The first-order valence-electron chi connectivity index (χ1n) is 8.26. The van der Waals surface area contributed by atoms with Gasteiger partial charge in [-0.05, 0) is 30.9 Å².